The van der Waals surface area contributed by atoms with Crippen LogP contribution in [0.25, 0.3) is 0 Å². The summed E-state index contributed by atoms with van der Waals surface area (Å²) in [4.78, 5) is 22.2. The highest BCUT2D eigenvalue weighted by Gasteiger charge is 2.53. The molecule has 2 fully saturated rings. The Kier molecular flexibility index (Phi) is 4.32. The first-order chi connectivity index (χ1) is 12.4. The maximum atomic E-state index is 11.2. The highest BCUT2D eigenvalue weighted by molar-refractivity contribution is 5.70. The highest BCUT2D eigenvalue weighted by atomic mass is 16.4. The molecule has 2 saturated carbocycles. The number of hydrogen-bond acceptors (Lipinski definition) is 2. The van der Waals surface area contributed by atoms with Gasteiger partial charge in [0.1, 0.15) is 0 Å². The number of fused-ring (bicyclic) bond motifs is 5. The number of hydrogen-bond donors (Lipinski definition) is 2. The monoisotopic (exact) mass is 356 g/mol. The Morgan fingerprint density at radius 2 is 2.00 bits per heavy atom. The topological polar surface area (TPSA) is 74.6 Å². The lowest BCUT2D eigenvalue weighted by molar-refractivity contribution is -0.138. The van der Waals surface area contributed by atoms with Crippen molar-refractivity contribution in [2.45, 2.75) is 64.2 Å². The van der Waals surface area contributed by atoms with Gasteiger partial charge >= 0.3 is 11.9 Å². The fourth-order valence-corrected chi connectivity index (χ4v) is 6.53. The van der Waals surface area contributed by atoms with Crippen molar-refractivity contribution in [1.82, 2.24) is 0 Å². The van der Waals surface area contributed by atoms with E-state index in [9.17, 15) is 14.7 Å². The molecule has 5 atom stereocenters. The van der Waals surface area contributed by atoms with Crippen LogP contribution in [-0.2, 0) is 22.4 Å². The van der Waals surface area contributed by atoms with Gasteiger partial charge in [0.25, 0.3) is 0 Å². The lowest BCUT2D eigenvalue weighted by atomic mass is 9.56. The summed E-state index contributed by atoms with van der Waals surface area (Å²) in [6.45, 7) is 2.39. The lowest BCUT2D eigenvalue weighted by Crippen LogP contribution is -2.39. The minimum atomic E-state index is -0.775. The summed E-state index contributed by atoms with van der Waals surface area (Å²) in [6, 6.07) is 6.27. The first kappa shape index (κ1) is 17.6. The van der Waals surface area contributed by atoms with Crippen molar-refractivity contribution in [3.8, 4) is 0 Å². The Labute approximate surface area is 154 Å². The predicted octanol–water partition coefficient (Wildman–Crippen LogP) is 4.26. The second-order valence-corrected chi connectivity index (χ2v) is 9.12. The van der Waals surface area contributed by atoms with E-state index in [1.807, 2.05) is 6.07 Å². The van der Waals surface area contributed by atoms with Crippen LogP contribution in [0.5, 0.6) is 0 Å². The molecule has 140 valence electrons. The fraction of sp³-hybridized carbons (Fsp3) is 0.636. The zero-order valence-corrected chi connectivity index (χ0v) is 15.4. The van der Waals surface area contributed by atoms with E-state index in [0.717, 1.165) is 31.2 Å². The quantitative estimate of drug-likeness (QED) is 0.845. The molecule has 1 aromatic rings. The number of carbonyl (C=O) groups is 2. The van der Waals surface area contributed by atoms with Crippen LogP contribution in [0, 0.1) is 23.2 Å². The van der Waals surface area contributed by atoms with Crippen LogP contribution in [0.3, 0.4) is 0 Å². The first-order valence-electron chi connectivity index (χ1n) is 9.91. The number of rotatable bonds is 4. The van der Waals surface area contributed by atoms with Crippen LogP contribution in [0.2, 0.25) is 0 Å². The van der Waals surface area contributed by atoms with Crippen molar-refractivity contribution in [3.05, 3.63) is 34.9 Å². The predicted molar refractivity (Wildman–Crippen MR) is 98.1 cm³/mol. The van der Waals surface area contributed by atoms with Gasteiger partial charge in [-0.1, -0.05) is 25.1 Å². The third kappa shape index (κ3) is 3.04. The van der Waals surface area contributed by atoms with Crippen LogP contribution in [0.1, 0.15) is 68.1 Å². The maximum absolute atomic E-state index is 11.2. The summed E-state index contributed by atoms with van der Waals surface area (Å²) < 4.78 is 0. The van der Waals surface area contributed by atoms with Gasteiger partial charge < -0.3 is 10.2 Å². The van der Waals surface area contributed by atoms with Gasteiger partial charge in [-0.15, -0.1) is 0 Å². The zero-order chi connectivity index (χ0) is 18.5. The molecule has 0 spiro atoms. The Bertz CT molecular complexity index is 740. The third-order valence-corrected chi connectivity index (χ3v) is 7.47. The number of aliphatic carboxylic acids is 2. The van der Waals surface area contributed by atoms with Gasteiger partial charge in [0.15, 0.2) is 0 Å². The molecule has 3 aliphatic rings. The summed E-state index contributed by atoms with van der Waals surface area (Å²) in [5.74, 6) is 0.763. The Hall–Kier alpha value is -1.84. The molecule has 0 aliphatic heterocycles. The average molecular weight is 356 g/mol. The molecule has 26 heavy (non-hydrogen) atoms. The Morgan fingerprint density at radius 1 is 1.19 bits per heavy atom. The van der Waals surface area contributed by atoms with Gasteiger partial charge in [0, 0.05) is 6.42 Å². The second kappa shape index (κ2) is 6.40. The molecule has 0 saturated heterocycles. The molecule has 1 aromatic carbocycles. The molecule has 2 N–H and O–H groups in total. The molecule has 4 heteroatoms. The smallest absolute Gasteiger partial charge is 0.307 e. The highest BCUT2D eigenvalue weighted by Crippen LogP contribution is 2.62. The Balaban J connectivity index is 1.57. The molecular weight excluding hydrogens is 328 g/mol. The number of carboxylic acid groups (broad SMARTS) is 2. The lowest BCUT2D eigenvalue weighted by Gasteiger charge is -2.49. The van der Waals surface area contributed by atoms with Gasteiger partial charge in [0.05, 0.1) is 6.42 Å². The van der Waals surface area contributed by atoms with E-state index < -0.39 is 11.9 Å². The molecule has 4 rings (SSSR count). The normalized spacial score (nSPS) is 35.3. The van der Waals surface area contributed by atoms with Crippen molar-refractivity contribution < 1.29 is 19.8 Å². The van der Waals surface area contributed by atoms with Gasteiger partial charge in [-0.25, -0.2) is 0 Å². The van der Waals surface area contributed by atoms with Crippen molar-refractivity contribution in [2.24, 2.45) is 23.2 Å². The standard InChI is InChI=1S/C22H28O4/c1-22-7-6-17-16-4-2-13(10-20(23)24)8-15(16)3-5-18(17)19(22)9-14(12-22)11-21(25)26/h2,4,8,14,17-19H,3,5-7,9-12H2,1H3,(H,23,24)(H,25,26)/t14-,17+,18+,19-,22+/m0/s1. The SMILES string of the molecule is C[C@]12CC[C@@H]3c4ccc(CC(=O)O)cc4CC[C@H]3[C@@H]1C[C@@H](CC(=O)O)C2. The van der Waals surface area contributed by atoms with Crippen LogP contribution in [-0.4, -0.2) is 22.2 Å². The van der Waals surface area contributed by atoms with E-state index in [4.69, 9.17) is 5.11 Å². The molecule has 3 aliphatic carbocycles. The fourth-order valence-electron chi connectivity index (χ4n) is 6.53. The van der Waals surface area contributed by atoms with E-state index in [0.29, 0.717) is 35.5 Å². The van der Waals surface area contributed by atoms with E-state index in [2.05, 4.69) is 19.1 Å². The van der Waals surface area contributed by atoms with E-state index in [1.54, 1.807) is 0 Å². The van der Waals surface area contributed by atoms with Gasteiger partial charge in [-0.3, -0.25) is 9.59 Å². The van der Waals surface area contributed by atoms with E-state index >= 15 is 0 Å². The van der Waals surface area contributed by atoms with Crippen molar-refractivity contribution in [3.63, 3.8) is 0 Å². The summed E-state index contributed by atoms with van der Waals surface area (Å²) in [7, 11) is 0. The minimum absolute atomic E-state index is 0.0962. The molecule has 0 bridgehead atoms. The second-order valence-electron chi connectivity index (χ2n) is 9.12. The zero-order valence-electron chi connectivity index (χ0n) is 15.4. The largest absolute Gasteiger partial charge is 0.481 e. The molecule has 0 aromatic heterocycles. The van der Waals surface area contributed by atoms with E-state index in [1.165, 1.54) is 24.0 Å². The maximum Gasteiger partial charge on any atom is 0.307 e. The van der Waals surface area contributed by atoms with Crippen LogP contribution in [0.15, 0.2) is 18.2 Å². The van der Waals surface area contributed by atoms with Crippen LogP contribution >= 0.6 is 0 Å². The molecular formula is C22H28O4. The van der Waals surface area contributed by atoms with Crippen molar-refractivity contribution in [1.29, 1.82) is 0 Å². The third-order valence-electron chi connectivity index (χ3n) is 7.47. The number of aryl methyl sites for hydroxylation is 1. The summed E-state index contributed by atoms with van der Waals surface area (Å²) in [5.41, 5.74) is 3.98. The van der Waals surface area contributed by atoms with E-state index in [-0.39, 0.29) is 6.42 Å². The average Bonchev–Trinajstić information content (AvgIpc) is 2.89. The minimum Gasteiger partial charge on any atom is -0.481 e. The van der Waals surface area contributed by atoms with Gasteiger partial charge in [-0.2, -0.15) is 0 Å². The van der Waals surface area contributed by atoms with Crippen molar-refractivity contribution in [2.75, 3.05) is 0 Å². The molecule has 0 radical (unpaired) electrons. The molecule has 0 heterocycles. The Morgan fingerprint density at radius 3 is 2.73 bits per heavy atom. The number of benzene rings is 1. The van der Waals surface area contributed by atoms with Crippen LogP contribution < -0.4 is 0 Å². The molecule has 0 unspecified atom stereocenters. The van der Waals surface area contributed by atoms with Crippen molar-refractivity contribution >= 4 is 11.9 Å². The molecule has 0 amide bonds. The number of carboxylic acids is 2. The van der Waals surface area contributed by atoms with Gasteiger partial charge in [-0.05, 0) is 84.3 Å². The summed E-state index contributed by atoms with van der Waals surface area (Å²) >= 11 is 0. The van der Waals surface area contributed by atoms with Gasteiger partial charge in [0.2, 0.25) is 0 Å². The first-order valence-corrected chi connectivity index (χ1v) is 9.91. The van der Waals surface area contributed by atoms with Crippen LogP contribution in [0.4, 0.5) is 0 Å². The summed E-state index contributed by atoms with van der Waals surface area (Å²) in [5, 5.41) is 18.2. The summed E-state index contributed by atoms with van der Waals surface area (Å²) in [6.07, 6.45) is 7.11. The molecule has 4 nitrogen and oxygen atoms in total.